The lowest BCUT2D eigenvalue weighted by Gasteiger charge is -2.28. The van der Waals surface area contributed by atoms with Gasteiger partial charge in [-0.1, -0.05) is 44.0 Å². The molecule has 3 heteroatoms. The van der Waals surface area contributed by atoms with Crippen molar-refractivity contribution in [2.24, 2.45) is 5.92 Å². The molecule has 0 heterocycles. The van der Waals surface area contributed by atoms with E-state index < -0.39 is 6.11 Å². The minimum atomic E-state index is -3.18. The second-order valence-electron chi connectivity index (χ2n) is 5.85. The van der Waals surface area contributed by atoms with Crippen LogP contribution in [0.3, 0.4) is 0 Å². The third-order valence-corrected chi connectivity index (χ3v) is 4.52. The Morgan fingerprint density at radius 2 is 1.70 bits per heavy atom. The molecular formula is C17H24F2O. The molecule has 0 unspecified atom stereocenters. The van der Waals surface area contributed by atoms with Gasteiger partial charge >= 0.3 is 6.11 Å². The SMILES string of the molecule is CCCC1CCC(c2ccc(C(F)(F)OC)cc2)CC1. The van der Waals surface area contributed by atoms with Crippen molar-refractivity contribution in [3.05, 3.63) is 35.4 Å². The summed E-state index contributed by atoms with van der Waals surface area (Å²) in [5.41, 5.74) is 1.12. The minimum absolute atomic E-state index is 0.0663. The van der Waals surface area contributed by atoms with Gasteiger partial charge in [0.25, 0.3) is 0 Å². The van der Waals surface area contributed by atoms with Gasteiger partial charge in [0, 0.05) is 7.11 Å². The normalized spacial score (nSPS) is 23.8. The second kappa shape index (κ2) is 6.66. The quantitative estimate of drug-likeness (QED) is 0.697. The highest BCUT2D eigenvalue weighted by Gasteiger charge is 2.31. The summed E-state index contributed by atoms with van der Waals surface area (Å²) >= 11 is 0. The molecule has 0 atom stereocenters. The van der Waals surface area contributed by atoms with Gasteiger partial charge in [-0.05, 0) is 43.1 Å². The molecule has 1 aromatic rings. The molecule has 0 radical (unpaired) electrons. The monoisotopic (exact) mass is 282 g/mol. The molecule has 1 saturated carbocycles. The van der Waals surface area contributed by atoms with Crippen molar-refractivity contribution in [2.75, 3.05) is 7.11 Å². The van der Waals surface area contributed by atoms with Crippen molar-refractivity contribution < 1.29 is 13.5 Å². The van der Waals surface area contributed by atoms with E-state index in [9.17, 15) is 8.78 Å². The summed E-state index contributed by atoms with van der Waals surface area (Å²) in [5.74, 6) is 1.40. The Bertz CT molecular complexity index is 406. The van der Waals surface area contributed by atoms with Crippen LogP contribution in [0.25, 0.3) is 0 Å². The summed E-state index contributed by atoms with van der Waals surface area (Å²) in [6, 6.07) is 6.67. The Morgan fingerprint density at radius 1 is 1.10 bits per heavy atom. The van der Waals surface area contributed by atoms with Crippen LogP contribution >= 0.6 is 0 Å². The van der Waals surface area contributed by atoms with Crippen molar-refractivity contribution in [1.29, 1.82) is 0 Å². The average Bonchev–Trinajstić information content (AvgIpc) is 2.48. The Morgan fingerprint density at radius 3 is 2.20 bits per heavy atom. The number of rotatable bonds is 5. The zero-order valence-corrected chi connectivity index (χ0v) is 12.4. The maximum absolute atomic E-state index is 13.4. The van der Waals surface area contributed by atoms with Gasteiger partial charge in [-0.15, -0.1) is 0 Å². The molecule has 0 amide bonds. The molecule has 0 N–H and O–H groups in total. The zero-order valence-electron chi connectivity index (χ0n) is 12.4. The molecule has 0 aromatic heterocycles. The van der Waals surface area contributed by atoms with Crippen molar-refractivity contribution in [3.63, 3.8) is 0 Å². The number of hydrogen-bond donors (Lipinski definition) is 0. The van der Waals surface area contributed by atoms with Crippen LogP contribution in [0.15, 0.2) is 24.3 Å². The van der Waals surface area contributed by atoms with Crippen LogP contribution < -0.4 is 0 Å². The largest absolute Gasteiger partial charge is 0.383 e. The van der Waals surface area contributed by atoms with Gasteiger partial charge in [-0.25, -0.2) is 0 Å². The number of benzene rings is 1. The molecule has 0 spiro atoms. The molecular weight excluding hydrogens is 258 g/mol. The molecule has 1 fully saturated rings. The standard InChI is InChI=1S/C17H24F2O/c1-3-4-13-5-7-14(8-6-13)15-9-11-16(12-10-15)17(18,19)20-2/h9-14H,3-8H2,1-2H3. The summed E-state index contributed by atoms with van der Waals surface area (Å²) in [7, 11) is 1.03. The van der Waals surface area contributed by atoms with Gasteiger partial charge in [0.2, 0.25) is 0 Å². The van der Waals surface area contributed by atoms with E-state index in [1.54, 1.807) is 0 Å². The number of methoxy groups -OCH3 is 1. The fourth-order valence-corrected chi connectivity index (χ4v) is 3.26. The van der Waals surface area contributed by atoms with Crippen molar-refractivity contribution in [3.8, 4) is 0 Å². The van der Waals surface area contributed by atoms with Crippen LogP contribution in [0, 0.1) is 5.92 Å². The van der Waals surface area contributed by atoms with Crippen molar-refractivity contribution in [2.45, 2.75) is 57.5 Å². The number of alkyl halides is 2. The Labute approximate surface area is 120 Å². The van der Waals surface area contributed by atoms with Crippen LogP contribution in [0.1, 0.15) is 62.5 Å². The van der Waals surface area contributed by atoms with E-state index in [-0.39, 0.29) is 5.56 Å². The minimum Gasteiger partial charge on any atom is -0.320 e. The van der Waals surface area contributed by atoms with Crippen LogP contribution in [0.5, 0.6) is 0 Å². The Balaban J connectivity index is 1.98. The predicted octanol–water partition coefficient (Wildman–Crippen LogP) is 5.46. The van der Waals surface area contributed by atoms with Crippen LogP contribution in [-0.4, -0.2) is 7.11 Å². The Hall–Kier alpha value is -0.960. The van der Waals surface area contributed by atoms with Gasteiger partial charge in [0.1, 0.15) is 0 Å². The summed E-state index contributed by atoms with van der Waals surface area (Å²) in [6.45, 7) is 2.24. The highest BCUT2D eigenvalue weighted by Crippen LogP contribution is 2.38. The maximum atomic E-state index is 13.4. The van der Waals surface area contributed by atoms with Gasteiger partial charge < -0.3 is 4.74 Å². The summed E-state index contributed by atoms with van der Waals surface area (Å²) < 4.78 is 31.0. The molecule has 1 nitrogen and oxygen atoms in total. The highest BCUT2D eigenvalue weighted by atomic mass is 19.3. The third-order valence-electron chi connectivity index (χ3n) is 4.52. The van der Waals surface area contributed by atoms with E-state index in [1.807, 2.05) is 12.1 Å². The fraction of sp³-hybridized carbons (Fsp3) is 0.647. The summed E-state index contributed by atoms with van der Waals surface area (Å²) in [6.07, 6.45) is 4.32. The third kappa shape index (κ3) is 3.57. The van der Waals surface area contributed by atoms with Gasteiger partial charge in [0.05, 0.1) is 5.56 Å². The second-order valence-corrected chi connectivity index (χ2v) is 5.85. The van der Waals surface area contributed by atoms with E-state index in [1.165, 1.54) is 56.2 Å². The van der Waals surface area contributed by atoms with Crippen LogP contribution in [0.4, 0.5) is 8.78 Å². The van der Waals surface area contributed by atoms with E-state index >= 15 is 0 Å². The smallest absolute Gasteiger partial charge is 0.320 e. The first kappa shape index (κ1) is 15.4. The van der Waals surface area contributed by atoms with Crippen molar-refractivity contribution in [1.82, 2.24) is 0 Å². The molecule has 0 aliphatic heterocycles. The summed E-state index contributed by atoms with van der Waals surface area (Å²) in [5, 5.41) is 0. The van der Waals surface area contributed by atoms with E-state index in [0.29, 0.717) is 5.92 Å². The number of hydrogen-bond acceptors (Lipinski definition) is 1. The molecule has 0 bridgehead atoms. The number of halogens is 2. The Kier molecular flexibility index (Phi) is 5.14. The highest BCUT2D eigenvalue weighted by molar-refractivity contribution is 5.27. The first-order valence-corrected chi connectivity index (χ1v) is 7.60. The summed E-state index contributed by atoms with van der Waals surface area (Å²) in [4.78, 5) is 0. The maximum Gasteiger partial charge on any atom is 0.383 e. The molecule has 2 rings (SSSR count). The molecule has 112 valence electrons. The van der Waals surface area contributed by atoms with E-state index in [4.69, 9.17) is 0 Å². The molecule has 1 aliphatic rings. The molecule has 0 saturated heterocycles. The fourth-order valence-electron chi connectivity index (χ4n) is 3.26. The lowest BCUT2D eigenvalue weighted by atomic mass is 9.77. The average molecular weight is 282 g/mol. The van der Waals surface area contributed by atoms with E-state index in [0.717, 1.165) is 13.0 Å². The molecule has 1 aliphatic carbocycles. The number of ether oxygens (including phenoxy) is 1. The zero-order chi connectivity index (χ0) is 14.6. The van der Waals surface area contributed by atoms with E-state index in [2.05, 4.69) is 11.7 Å². The van der Waals surface area contributed by atoms with Crippen molar-refractivity contribution >= 4 is 0 Å². The van der Waals surface area contributed by atoms with Crippen LogP contribution in [-0.2, 0) is 10.8 Å². The molecule has 20 heavy (non-hydrogen) atoms. The van der Waals surface area contributed by atoms with Crippen LogP contribution in [0.2, 0.25) is 0 Å². The first-order valence-electron chi connectivity index (χ1n) is 7.60. The van der Waals surface area contributed by atoms with Gasteiger partial charge in [-0.2, -0.15) is 8.78 Å². The lowest BCUT2D eigenvalue weighted by Crippen LogP contribution is -2.16. The lowest BCUT2D eigenvalue weighted by molar-refractivity contribution is -0.231. The van der Waals surface area contributed by atoms with Gasteiger partial charge in [0.15, 0.2) is 0 Å². The first-order chi connectivity index (χ1) is 9.56. The topological polar surface area (TPSA) is 9.23 Å². The molecule has 1 aromatic carbocycles. The van der Waals surface area contributed by atoms with Gasteiger partial charge in [-0.3, -0.25) is 0 Å². The predicted molar refractivity (Wildman–Crippen MR) is 77.0 cm³/mol.